The number of aliphatic hydroxyl groups is 1. The summed E-state index contributed by atoms with van der Waals surface area (Å²) in [6.07, 6.45) is 3.70. The molecule has 1 unspecified atom stereocenters. The van der Waals surface area contributed by atoms with E-state index in [-0.39, 0.29) is 6.61 Å². The molecule has 4 heteroatoms. The van der Waals surface area contributed by atoms with Crippen LogP contribution in [0.15, 0.2) is 18.6 Å². The van der Waals surface area contributed by atoms with Gasteiger partial charge in [-0.3, -0.25) is 0 Å². The molecule has 66 valence electrons. The van der Waals surface area contributed by atoms with E-state index in [1.54, 1.807) is 19.2 Å². The predicted molar refractivity (Wildman–Crippen MR) is 45.4 cm³/mol. The maximum Gasteiger partial charge on any atom is 0.115 e. The monoisotopic (exact) mass is 167 g/mol. The van der Waals surface area contributed by atoms with E-state index in [9.17, 15) is 0 Å². The lowest BCUT2D eigenvalue weighted by molar-refractivity contribution is 0.207. The van der Waals surface area contributed by atoms with Crippen molar-refractivity contribution in [3.63, 3.8) is 0 Å². The summed E-state index contributed by atoms with van der Waals surface area (Å²) >= 11 is 0. The van der Waals surface area contributed by atoms with Crippen molar-refractivity contribution in [2.75, 3.05) is 6.61 Å². The minimum absolute atomic E-state index is 0.0446. The van der Waals surface area contributed by atoms with E-state index >= 15 is 0 Å². The number of nitrogens with zero attached hydrogens (tertiary/aromatic N) is 2. The van der Waals surface area contributed by atoms with Crippen LogP contribution in [0.4, 0.5) is 0 Å². The van der Waals surface area contributed by atoms with Crippen LogP contribution in [0.1, 0.15) is 12.6 Å². The molecule has 0 spiro atoms. The first-order valence-electron chi connectivity index (χ1n) is 3.79. The molecule has 3 N–H and O–H groups in total. The Hall–Kier alpha value is -1.00. The molecule has 0 bridgehead atoms. The fourth-order valence-electron chi connectivity index (χ4n) is 0.892. The Labute approximate surface area is 71.5 Å². The zero-order chi connectivity index (χ0) is 9.03. The summed E-state index contributed by atoms with van der Waals surface area (Å²) in [6, 6.07) is 1.79. The normalized spacial score (nSPS) is 15.6. The van der Waals surface area contributed by atoms with Crippen molar-refractivity contribution in [2.45, 2.75) is 18.9 Å². The van der Waals surface area contributed by atoms with Crippen molar-refractivity contribution in [3.8, 4) is 0 Å². The smallest absolute Gasteiger partial charge is 0.115 e. The molecule has 1 heterocycles. The Kier molecular flexibility index (Phi) is 2.73. The average Bonchev–Trinajstić information content (AvgIpc) is 2.06. The summed E-state index contributed by atoms with van der Waals surface area (Å²) in [5, 5.41) is 8.89. The van der Waals surface area contributed by atoms with Gasteiger partial charge in [0.15, 0.2) is 0 Å². The minimum atomic E-state index is -0.589. The van der Waals surface area contributed by atoms with Crippen LogP contribution < -0.4 is 5.73 Å². The molecular weight excluding hydrogens is 154 g/mol. The third-order valence-corrected chi connectivity index (χ3v) is 1.59. The first kappa shape index (κ1) is 9.09. The molecule has 1 aromatic heterocycles. The highest BCUT2D eigenvalue weighted by Gasteiger charge is 2.17. The van der Waals surface area contributed by atoms with E-state index < -0.39 is 5.54 Å². The van der Waals surface area contributed by atoms with Gasteiger partial charge in [-0.25, -0.2) is 9.97 Å². The molecule has 0 radical (unpaired) electrons. The molecule has 0 aliphatic rings. The lowest BCUT2D eigenvalue weighted by atomic mass is 9.98. The summed E-state index contributed by atoms with van der Waals surface area (Å²) in [5.74, 6) is 0. The third kappa shape index (κ3) is 2.56. The maximum atomic E-state index is 8.89. The van der Waals surface area contributed by atoms with Gasteiger partial charge in [-0.2, -0.15) is 0 Å². The topological polar surface area (TPSA) is 72.0 Å². The Morgan fingerprint density at radius 3 is 2.92 bits per heavy atom. The van der Waals surface area contributed by atoms with Crippen molar-refractivity contribution in [1.29, 1.82) is 0 Å². The van der Waals surface area contributed by atoms with E-state index in [1.165, 1.54) is 6.33 Å². The highest BCUT2D eigenvalue weighted by atomic mass is 16.3. The molecule has 0 saturated heterocycles. The summed E-state index contributed by atoms with van der Waals surface area (Å²) in [7, 11) is 0. The summed E-state index contributed by atoms with van der Waals surface area (Å²) in [6.45, 7) is 1.74. The quantitative estimate of drug-likeness (QED) is 0.650. The predicted octanol–water partition coefficient (Wildman–Crippen LogP) is -0.271. The van der Waals surface area contributed by atoms with Crippen molar-refractivity contribution in [2.24, 2.45) is 5.73 Å². The van der Waals surface area contributed by atoms with Crippen LogP contribution >= 0.6 is 0 Å². The third-order valence-electron chi connectivity index (χ3n) is 1.59. The van der Waals surface area contributed by atoms with Gasteiger partial charge in [0.2, 0.25) is 0 Å². The van der Waals surface area contributed by atoms with E-state index in [0.29, 0.717) is 6.42 Å². The highest BCUT2D eigenvalue weighted by molar-refractivity contribution is 5.03. The summed E-state index contributed by atoms with van der Waals surface area (Å²) in [4.78, 5) is 7.80. The summed E-state index contributed by atoms with van der Waals surface area (Å²) in [5.41, 5.74) is 6.00. The molecule has 1 aromatic rings. The number of hydrogen-bond acceptors (Lipinski definition) is 4. The lowest BCUT2D eigenvalue weighted by Gasteiger charge is -2.20. The van der Waals surface area contributed by atoms with E-state index in [4.69, 9.17) is 10.8 Å². The fraction of sp³-hybridized carbons (Fsp3) is 0.500. The molecule has 12 heavy (non-hydrogen) atoms. The number of rotatable bonds is 3. The maximum absolute atomic E-state index is 8.89. The highest BCUT2D eigenvalue weighted by Crippen LogP contribution is 2.05. The largest absolute Gasteiger partial charge is 0.394 e. The molecule has 1 atom stereocenters. The second-order valence-electron chi connectivity index (χ2n) is 3.19. The standard InChI is InChI=1S/C8H13N3O/c1-8(9,5-12)4-7-2-3-10-6-11-7/h2-3,6,12H,4-5,9H2,1H3. The second-order valence-corrected chi connectivity index (χ2v) is 3.19. The van der Waals surface area contributed by atoms with E-state index in [1.807, 2.05) is 0 Å². The Bertz CT molecular complexity index is 235. The van der Waals surface area contributed by atoms with Gasteiger partial charge in [0.1, 0.15) is 6.33 Å². The number of nitrogens with two attached hydrogens (primary N) is 1. The number of hydrogen-bond donors (Lipinski definition) is 2. The Balaban J connectivity index is 2.64. The minimum Gasteiger partial charge on any atom is -0.394 e. The molecule has 0 fully saturated rings. The van der Waals surface area contributed by atoms with Gasteiger partial charge in [0.25, 0.3) is 0 Å². The van der Waals surface area contributed by atoms with Gasteiger partial charge in [-0.05, 0) is 13.0 Å². The van der Waals surface area contributed by atoms with Crippen LogP contribution in [0.5, 0.6) is 0 Å². The molecule has 0 aliphatic carbocycles. The van der Waals surface area contributed by atoms with Crippen molar-refractivity contribution < 1.29 is 5.11 Å². The second kappa shape index (κ2) is 3.60. The van der Waals surface area contributed by atoms with Gasteiger partial charge < -0.3 is 10.8 Å². The first-order valence-corrected chi connectivity index (χ1v) is 3.79. The van der Waals surface area contributed by atoms with Gasteiger partial charge in [-0.1, -0.05) is 0 Å². The van der Waals surface area contributed by atoms with Crippen molar-refractivity contribution in [3.05, 3.63) is 24.3 Å². The van der Waals surface area contributed by atoms with Crippen molar-refractivity contribution >= 4 is 0 Å². The molecule has 0 amide bonds. The molecule has 0 aromatic carbocycles. The van der Waals surface area contributed by atoms with Gasteiger partial charge in [-0.15, -0.1) is 0 Å². The lowest BCUT2D eigenvalue weighted by Crippen LogP contribution is -2.42. The SMILES string of the molecule is CC(N)(CO)Cc1ccncn1. The van der Waals surface area contributed by atoms with Gasteiger partial charge >= 0.3 is 0 Å². The van der Waals surface area contributed by atoms with E-state index in [2.05, 4.69) is 9.97 Å². The average molecular weight is 167 g/mol. The fourth-order valence-corrected chi connectivity index (χ4v) is 0.892. The molecular formula is C8H13N3O. The van der Waals surface area contributed by atoms with Crippen LogP contribution in [-0.2, 0) is 6.42 Å². The number of aliphatic hydroxyl groups excluding tert-OH is 1. The summed E-state index contributed by atoms with van der Waals surface area (Å²) < 4.78 is 0. The Morgan fingerprint density at radius 1 is 1.67 bits per heavy atom. The molecule has 0 aliphatic heterocycles. The first-order chi connectivity index (χ1) is 5.64. The number of aromatic nitrogens is 2. The van der Waals surface area contributed by atoms with Crippen LogP contribution in [-0.4, -0.2) is 27.2 Å². The van der Waals surface area contributed by atoms with E-state index in [0.717, 1.165) is 5.69 Å². The van der Waals surface area contributed by atoms with Crippen LogP contribution in [0.3, 0.4) is 0 Å². The molecule has 1 rings (SSSR count). The van der Waals surface area contributed by atoms with Crippen LogP contribution in [0.25, 0.3) is 0 Å². The zero-order valence-corrected chi connectivity index (χ0v) is 7.07. The molecule has 4 nitrogen and oxygen atoms in total. The zero-order valence-electron chi connectivity index (χ0n) is 7.07. The van der Waals surface area contributed by atoms with Crippen LogP contribution in [0, 0.1) is 0 Å². The Morgan fingerprint density at radius 2 is 2.42 bits per heavy atom. The van der Waals surface area contributed by atoms with Crippen molar-refractivity contribution in [1.82, 2.24) is 9.97 Å². The van der Waals surface area contributed by atoms with Gasteiger partial charge in [0.05, 0.1) is 6.61 Å². The van der Waals surface area contributed by atoms with Gasteiger partial charge in [0, 0.05) is 23.9 Å². The molecule has 0 saturated carbocycles. The van der Waals surface area contributed by atoms with Crippen LogP contribution in [0.2, 0.25) is 0 Å².